The highest BCUT2D eigenvalue weighted by Crippen LogP contribution is 2.41. The van der Waals surface area contributed by atoms with E-state index in [1.165, 1.54) is 49.4 Å². The molecular formula is C25H28N2O5S. The minimum absolute atomic E-state index is 0.0303. The smallest absolute Gasteiger partial charge is 0.277 e. The van der Waals surface area contributed by atoms with Gasteiger partial charge in [0.2, 0.25) is 11.6 Å². The largest absolute Gasteiger partial charge is 0.493 e. The third-order valence-corrected chi connectivity index (χ3v) is 6.77. The summed E-state index contributed by atoms with van der Waals surface area (Å²) in [6.07, 6.45) is 6.42. The van der Waals surface area contributed by atoms with Crippen LogP contribution in [0.2, 0.25) is 0 Å². The fourth-order valence-electron chi connectivity index (χ4n) is 4.18. The Morgan fingerprint density at radius 2 is 1.64 bits per heavy atom. The van der Waals surface area contributed by atoms with Crippen LogP contribution in [0.5, 0.6) is 17.2 Å². The van der Waals surface area contributed by atoms with Crippen LogP contribution in [-0.2, 0) is 0 Å². The fourth-order valence-corrected chi connectivity index (χ4v) is 4.83. The van der Waals surface area contributed by atoms with E-state index < -0.39 is 0 Å². The molecule has 33 heavy (non-hydrogen) atoms. The molecule has 8 heteroatoms. The average Bonchev–Trinajstić information content (AvgIpc) is 3.36. The van der Waals surface area contributed by atoms with Crippen molar-refractivity contribution in [3.8, 4) is 28.7 Å². The van der Waals surface area contributed by atoms with Gasteiger partial charge in [0.15, 0.2) is 17.3 Å². The summed E-state index contributed by atoms with van der Waals surface area (Å²) in [6, 6.07) is 11.5. The van der Waals surface area contributed by atoms with E-state index in [2.05, 4.69) is 22.3 Å². The second-order valence-electron chi connectivity index (χ2n) is 7.96. The summed E-state index contributed by atoms with van der Waals surface area (Å²) in [7, 11) is 4.63. The third-order valence-electron chi connectivity index (χ3n) is 5.95. The van der Waals surface area contributed by atoms with Crippen molar-refractivity contribution in [2.75, 3.05) is 27.1 Å². The van der Waals surface area contributed by atoms with E-state index in [0.29, 0.717) is 45.4 Å². The first-order chi connectivity index (χ1) is 16.1. The number of carbonyl (C=O) groups excluding carboxylic acids is 1. The van der Waals surface area contributed by atoms with Gasteiger partial charge in [0.1, 0.15) is 0 Å². The Morgan fingerprint density at radius 1 is 0.970 bits per heavy atom. The second kappa shape index (κ2) is 10.7. The van der Waals surface area contributed by atoms with Crippen molar-refractivity contribution in [2.24, 2.45) is 0 Å². The lowest BCUT2D eigenvalue weighted by molar-refractivity contribution is 0.102. The van der Waals surface area contributed by atoms with Crippen LogP contribution in [-0.4, -0.2) is 43.1 Å². The number of benzene rings is 2. The SMILES string of the molecule is COc1cc(-c2nnc(SCC(=O)c3ccc(C4CCCCC4)cc3)o2)cc(OC)c1OC. The van der Waals surface area contributed by atoms with Crippen LogP contribution < -0.4 is 14.2 Å². The van der Waals surface area contributed by atoms with Gasteiger partial charge < -0.3 is 18.6 Å². The molecule has 0 unspecified atom stereocenters. The highest BCUT2D eigenvalue weighted by molar-refractivity contribution is 7.99. The molecular weight excluding hydrogens is 440 g/mol. The number of rotatable bonds is 9. The Labute approximate surface area is 197 Å². The standard InChI is InChI=1S/C25H28N2O5S/c1-29-21-13-19(14-22(30-2)23(21)31-3)24-26-27-25(32-24)33-15-20(28)18-11-9-17(10-12-18)16-7-5-4-6-8-16/h9-14,16H,4-8,15H2,1-3H3. The topological polar surface area (TPSA) is 83.7 Å². The molecule has 0 saturated heterocycles. The van der Waals surface area contributed by atoms with Crippen LogP contribution in [0.25, 0.3) is 11.5 Å². The molecule has 0 spiro atoms. The van der Waals surface area contributed by atoms with Crippen molar-refractivity contribution >= 4 is 17.5 Å². The summed E-state index contributed by atoms with van der Waals surface area (Å²) >= 11 is 1.22. The summed E-state index contributed by atoms with van der Waals surface area (Å²) in [4.78, 5) is 12.7. The molecule has 1 aliphatic rings. The molecule has 4 rings (SSSR count). The maximum atomic E-state index is 12.7. The van der Waals surface area contributed by atoms with E-state index in [4.69, 9.17) is 18.6 Å². The highest BCUT2D eigenvalue weighted by Gasteiger charge is 2.19. The van der Waals surface area contributed by atoms with E-state index in [-0.39, 0.29) is 11.5 Å². The predicted molar refractivity (Wildman–Crippen MR) is 127 cm³/mol. The number of methoxy groups -OCH3 is 3. The van der Waals surface area contributed by atoms with Gasteiger partial charge in [-0.25, -0.2) is 0 Å². The minimum Gasteiger partial charge on any atom is -0.493 e. The molecule has 0 atom stereocenters. The fraction of sp³-hybridized carbons (Fsp3) is 0.400. The van der Waals surface area contributed by atoms with Gasteiger partial charge in [-0.05, 0) is 36.5 Å². The number of nitrogens with zero attached hydrogens (tertiary/aromatic N) is 2. The molecule has 7 nitrogen and oxygen atoms in total. The molecule has 1 heterocycles. The van der Waals surface area contributed by atoms with Crippen LogP contribution >= 0.6 is 11.8 Å². The van der Waals surface area contributed by atoms with E-state index in [9.17, 15) is 4.79 Å². The second-order valence-corrected chi connectivity index (χ2v) is 8.88. The van der Waals surface area contributed by atoms with Crippen molar-refractivity contribution < 1.29 is 23.4 Å². The quantitative estimate of drug-likeness (QED) is 0.288. The number of Topliss-reactive ketones (excluding diaryl/α,β-unsaturated/α-hetero) is 1. The number of ketones is 1. The van der Waals surface area contributed by atoms with Crippen LogP contribution in [0, 0.1) is 0 Å². The molecule has 0 amide bonds. The molecule has 2 aromatic carbocycles. The van der Waals surface area contributed by atoms with E-state index >= 15 is 0 Å². The molecule has 1 fully saturated rings. The summed E-state index contributed by atoms with van der Waals surface area (Å²) in [5.74, 6) is 2.66. The molecule has 0 aliphatic heterocycles. The van der Waals surface area contributed by atoms with Gasteiger partial charge in [0.05, 0.1) is 27.1 Å². The summed E-state index contributed by atoms with van der Waals surface area (Å²) in [5, 5.41) is 8.50. The third kappa shape index (κ3) is 5.33. The Morgan fingerprint density at radius 3 is 2.24 bits per heavy atom. The van der Waals surface area contributed by atoms with Gasteiger partial charge in [-0.1, -0.05) is 55.3 Å². The van der Waals surface area contributed by atoms with Gasteiger partial charge in [-0.3, -0.25) is 4.79 Å². The highest BCUT2D eigenvalue weighted by atomic mass is 32.2. The van der Waals surface area contributed by atoms with Gasteiger partial charge in [-0.2, -0.15) is 0 Å². The number of thioether (sulfide) groups is 1. The number of carbonyl (C=O) groups is 1. The van der Waals surface area contributed by atoms with Gasteiger partial charge in [-0.15, -0.1) is 10.2 Å². The Kier molecular flexibility index (Phi) is 7.54. The van der Waals surface area contributed by atoms with Gasteiger partial charge >= 0.3 is 0 Å². The Bertz CT molecular complexity index is 1070. The number of aromatic nitrogens is 2. The Hall–Kier alpha value is -3.00. The first-order valence-corrected chi connectivity index (χ1v) is 12.0. The predicted octanol–water partition coefficient (Wildman–Crippen LogP) is 5.79. The van der Waals surface area contributed by atoms with Crippen molar-refractivity contribution in [1.29, 1.82) is 0 Å². The zero-order valence-electron chi connectivity index (χ0n) is 19.1. The molecule has 1 saturated carbocycles. The zero-order valence-corrected chi connectivity index (χ0v) is 19.9. The lowest BCUT2D eigenvalue weighted by Gasteiger charge is -2.22. The molecule has 174 valence electrons. The molecule has 0 bridgehead atoms. The maximum Gasteiger partial charge on any atom is 0.277 e. The van der Waals surface area contributed by atoms with Crippen LogP contribution in [0.15, 0.2) is 46.0 Å². The summed E-state index contributed by atoms with van der Waals surface area (Å²) in [6.45, 7) is 0. The van der Waals surface area contributed by atoms with E-state index in [1.807, 2.05) is 12.1 Å². The first kappa shape index (κ1) is 23.2. The number of ether oxygens (including phenoxy) is 3. The summed E-state index contributed by atoms with van der Waals surface area (Å²) in [5.41, 5.74) is 2.67. The number of hydrogen-bond donors (Lipinski definition) is 0. The Balaban J connectivity index is 1.40. The van der Waals surface area contributed by atoms with Crippen LogP contribution in [0.4, 0.5) is 0 Å². The zero-order chi connectivity index (χ0) is 23.2. The van der Waals surface area contributed by atoms with Gasteiger partial charge in [0, 0.05) is 11.1 Å². The van der Waals surface area contributed by atoms with E-state index in [1.54, 1.807) is 33.5 Å². The monoisotopic (exact) mass is 468 g/mol. The van der Waals surface area contributed by atoms with Crippen molar-refractivity contribution in [2.45, 2.75) is 43.2 Å². The molecule has 3 aromatic rings. The molecule has 0 radical (unpaired) electrons. The van der Waals surface area contributed by atoms with Crippen molar-refractivity contribution in [3.63, 3.8) is 0 Å². The molecule has 1 aliphatic carbocycles. The lowest BCUT2D eigenvalue weighted by Crippen LogP contribution is -2.06. The van der Waals surface area contributed by atoms with Crippen LogP contribution in [0.1, 0.15) is 53.9 Å². The molecule has 1 aromatic heterocycles. The van der Waals surface area contributed by atoms with E-state index in [0.717, 1.165) is 0 Å². The van der Waals surface area contributed by atoms with Gasteiger partial charge in [0.25, 0.3) is 5.22 Å². The molecule has 0 N–H and O–H groups in total. The normalized spacial score (nSPS) is 14.2. The summed E-state index contributed by atoms with van der Waals surface area (Å²) < 4.78 is 21.9. The minimum atomic E-state index is 0.0303. The average molecular weight is 469 g/mol. The lowest BCUT2D eigenvalue weighted by atomic mass is 9.84. The number of hydrogen-bond acceptors (Lipinski definition) is 8. The first-order valence-electron chi connectivity index (χ1n) is 11.0. The van der Waals surface area contributed by atoms with Crippen molar-refractivity contribution in [1.82, 2.24) is 10.2 Å². The maximum absolute atomic E-state index is 12.7. The van der Waals surface area contributed by atoms with Crippen molar-refractivity contribution in [3.05, 3.63) is 47.5 Å². The van der Waals surface area contributed by atoms with Crippen LogP contribution in [0.3, 0.4) is 0 Å².